The number of benzene rings is 1. The first-order valence-corrected chi connectivity index (χ1v) is 6.68. The van der Waals surface area contributed by atoms with Crippen molar-refractivity contribution < 1.29 is 27.8 Å². The van der Waals surface area contributed by atoms with E-state index in [2.05, 4.69) is 0 Å². The van der Waals surface area contributed by atoms with E-state index < -0.39 is 21.6 Å². The summed E-state index contributed by atoms with van der Waals surface area (Å²) in [5.41, 5.74) is -0.308. The third-order valence-electron chi connectivity index (χ3n) is 2.32. The summed E-state index contributed by atoms with van der Waals surface area (Å²) in [4.78, 5) is 10.9. The molecule has 0 radical (unpaired) electrons. The first-order valence-electron chi connectivity index (χ1n) is 5.03. The van der Waals surface area contributed by atoms with Crippen LogP contribution in [-0.2, 0) is 9.84 Å². The molecule has 0 atom stereocenters. The summed E-state index contributed by atoms with van der Waals surface area (Å²) in [5, 5.41) is 9.07. The van der Waals surface area contributed by atoms with Crippen molar-refractivity contribution in [3.63, 3.8) is 0 Å². The van der Waals surface area contributed by atoms with Gasteiger partial charge in [-0.3, -0.25) is 0 Å². The minimum absolute atomic E-state index is 0.0120. The molecule has 0 aliphatic heterocycles. The first-order chi connectivity index (χ1) is 8.87. The molecule has 0 spiro atoms. The van der Waals surface area contributed by atoms with Gasteiger partial charge in [-0.05, 0) is 6.07 Å². The van der Waals surface area contributed by atoms with Crippen molar-refractivity contribution in [2.24, 2.45) is 0 Å². The molecule has 0 fully saturated rings. The number of carbonyl (C=O) groups is 1. The zero-order valence-electron chi connectivity index (χ0n) is 10.3. The highest BCUT2D eigenvalue weighted by molar-refractivity contribution is 7.91. The van der Waals surface area contributed by atoms with E-state index in [1.165, 1.54) is 20.3 Å². The molecular weight excluding hydrogens is 272 g/mol. The quantitative estimate of drug-likeness (QED) is 0.805. The Labute approximate surface area is 110 Å². The number of ether oxygens (including phenoxy) is 2. The van der Waals surface area contributed by atoms with Gasteiger partial charge in [0.15, 0.2) is 21.3 Å². The van der Waals surface area contributed by atoms with Crippen molar-refractivity contribution in [3.8, 4) is 23.8 Å². The largest absolute Gasteiger partial charge is 0.493 e. The molecule has 1 aromatic rings. The minimum atomic E-state index is -3.76. The van der Waals surface area contributed by atoms with Crippen LogP contribution in [0, 0.1) is 12.3 Å². The normalized spacial score (nSPS) is 10.6. The van der Waals surface area contributed by atoms with Gasteiger partial charge in [0.05, 0.1) is 19.1 Å². The van der Waals surface area contributed by atoms with Gasteiger partial charge in [0.1, 0.15) is 11.3 Å². The van der Waals surface area contributed by atoms with Gasteiger partial charge >= 0.3 is 5.97 Å². The van der Waals surface area contributed by atoms with Crippen LogP contribution in [0.2, 0.25) is 0 Å². The topological polar surface area (TPSA) is 89.9 Å². The molecule has 0 amide bonds. The lowest BCUT2D eigenvalue weighted by Gasteiger charge is -2.12. The third kappa shape index (κ3) is 2.98. The maximum Gasteiger partial charge on any atom is 0.339 e. The lowest BCUT2D eigenvalue weighted by molar-refractivity contribution is 0.0692. The SMILES string of the molecule is C#CCS(=O)(=O)c1cc(OC)c(OC)c(C(=O)O)c1. The zero-order valence-corrected chi connectivity index (χ0v) is 11.2. The van der Waals surface area contributed by atoms with Crippen LogP contribution in [0.25, 0.3) is 0 Å². The van der Waals surface area contributed by atoms with Crippen LogP contribution in [0.3, 0.4) is 0 Å². The van der Waals surface area contributed by atoms with Crippen molar-refractivity contribution in [1.29, 1.82) is 0 Å². The van der Waals surface area contributed by atoms with Gasteiger partial charge in [-0.2, -0.15) is 0 Å². The Morgan fingerprint density at radius 3 is 2.42 bits per heavy atom. The number of aromatic carboxylic acids is 1. The second-order valence-electron chi connectivity index (χ2n) is 3.47. The molecule has 1 rings (SSSR count). The monoisotopic (exact) mass is 284 g/mol. The second-order valence-corrected chi connectivity index (χ2v) is 5.46. The van der Waals surface area contributed by atoms with E-state index in [9.17, 15) is 13.2 Å². The van der Waals surface area contributed by atoms with E-state index in [1.807, 2.05) is 5.92 Å². The van der Waals surface area contributed by atoms with Gasteiger partial charge in [0.2, 0.25) is 0 Å². The molecule has 7 heteroatoms. The summed E-state index contributed by atoms with van der Waals surface area (Å²) in [6, 6.07) is 2.17. The molecule has 0 bridgehead atoms. The van der Waals surface area contributed by atoms with Crippen molar-refractivity contribution >= 4 is 15.8 Å². The van der Waals surface area contributed by atoms with Crippen LogP contribution in [0.5, 0.6) is 11.5 Å². The number of carboxylic acid groups (broad SMARTS) is 1. The van der Waals surface area contributed by atoms with Crippen molar-refractivity contribution in [2.45, 2.75) is 4.90 Å². The van der Waals surface area contributed by atoms with Crippen LogP contribution >= 0.6 is 0 Å². The summed E-state index contributed by atoms with van der Waals surface area (Å²) in [5.74, 6) is 0.127. The second kappa shape index (κ2) is 5.63. The Morgan fingerprint density at radius 1 is 1.37 bits per heavy atom. The van der Waals surface area contributed by atoms with E-state index in [1.54, 1.807) is 0 Å². The zero-order chi connectivity index (χ0) is 14.6. The Hall–Kier alpha value is -2.20. The molecule has 102 valence electrons. The number of carboxylic acids is 1. The summed E-state index contributed by atoms with van der Waals surface area (Å²) in [6.45, 7) is 0. The van der Waals surface area contributed by atoms with Crippen LogP contribution in [-0.4, -0.2) is 39.5 Å². The number of hydrogen-bond acceptors (Lipinski definition) is 5. The number of sulfone groups is 1. The smallest absolute Gasteiger partial charge is 0.339 e. The van der Waals surface area contributed by atoms with Gasteiger partial charge in [-0.1, -0.05) is 5.92 Å². The number of hydrogen-bond donors (Lipinski definition) is 1. The fourth-order valence-corrected chi connectivity index (χ4v) is 2.44. The van der Waals surface area contributed by atoms with Crippen molar-refractivity contribution in [1.82, 2.24) is 0 Å². The summed E-state index contributed by atoms with van der Waals surface area (Å²) < 4.78 is 33.5. The summed E-state index contributed by atoms with van der Waals surface area (Å²) in [6.07, 6.45) is 4.98. The van der Waals surface area contributed by atoms with Gasteiger partial charge in [-0.15, -0.1) is 6.42 Å². The van der Waals surface area contributed by atoms with Crippen LogP contribution in [0.15, 0.2) is 17.0 Å². The summed E-state index contributed by atoms with van der Waals surface area (Å²) >= 11 is 0. The van der Waals surface area contributed by atoms with Crippen LogP contribution in [0.1, 0.15) is 10.4 Å². The highest BCUT2D eigenvalue weighted by Gasteiger charge is 2.23. The Bertz CT molecular complexity index is 639. The molecule has 0 heterocycles. The molecule has 1 aromatic carbocycles. The van der Waals surface area contributed by atoms with Gasteiger partial charge in [0, 0.05) is 6.07 Å². The van der Waals surface area contributed by atoms with Crippen molar-refractivity contribution in [3.05, 3.63) is 17.7 Å². The molecule has 0 unspecified atom stereocenters. The van der Waals surface area contributed by atoms with Crippen molar-refractivity contribution in [2.75, 3.05) is 20.0 Å². The molecule has 1 N–H and O–H groups in total. The van der Waals surface area contributed by atoms with E-state index in [0.29, 0.717) is 0 Å². The predicted molar refractivity (Wildman–Crippen MR) is 67.4 cm³/mol. The van der Waals surface area contributed by atoms with E-state index in [4.69, 9.17) is 21.0 Å². The van der Waals surface area contributed by atoms with E-state index >= 15 is 0 Å². The standard InChI is InChI=1S/C12H12O6S/c1-4-5-19(15,16)8-6-9(12(13)14)11(18-3)10(7-8)17-2/h1,6-7H,5H2,2-3H3,(H,13,14). The lowest BCUT2D eigenvalue weighted by atomic mass is 10.2. The third-order valence-corrected chi connectivity index (χ3v) is 3.82. The first kappa shape index (κ1) is 14.9. The number of terminal acetylenes is 1. The van der Waals surface area contributed by atoms with Crippen LogP contribution < -0.4 is 9.47 Å². The molecule has 0 aliphatic carbocycles. The van der Waals surface area contributed by atoms with E-state index in [0.717, 1.165) is 6.07 Å². The Kier molecular flexibility index (Phi) is 4.40. The maximum atomic E-state index is 11.8. The predicted octanol–water partition coefficient (Wildman–Crippen LogP) is 0.809. The average molecular weight is 284 g/mol. The highest BCUT2D eigenvalue weighted by atomic mass is 32.2. The molecule has 0 aromatic heterocycles. The fourth-order valence-electron chi connectivity index (χ4n) is 1.47. The molecule has 0 aliphatic rings. The Balaban J connectivity index is 3.59. The minimum Gasteiger partial charge on any atom is -0.493 e. The maximum absolute atomic E-state index is 11.8. The molecule has 0 saturated carbocycles. The van der Waals surface area contributed by atoms with Gasteiger partial charge < -0.3 is 14.6 Å². The average Bonchev–Trinajstić information content (AvgIpc) is 2.36. The Morgan fingerprint density at radius 2 is 2.00 bits per heavy atom. The molecule has 6 nitrogen and oxygen atoms in total. The number of rotatable bonds is 5. The highest BCUT2D eigenvalue weighted by Crippen LogP contribution is 2.34. The number of methoxy groups -OCH3 is 2. The molecular formula is C12H12O6S. The van der Waals surface area contributed by atoms with Gasteiger partial charge in [-0.25, -0.2) is 13.2 Å². The van der Waals surface area contributed by atoms with Gasteiger partial charge in [0.25, 0.3) is 0 Å². The molecule has 0 saturated heterocycles. The fraction of sp³-hybridized carbons (Fsp3) is 0.250. The van der Waals surface area contributed by atoms with Crippen LogP contribution in [0.4, 0.5) is 0 Å². The lowest BCUT2D eigenvalue weighted by Crippen LogP contribution is -2.09. The van der Waals surface area contributed by atoms with E-state index in [-0.39, 0.29) is 22.0 Å². The molecule has 19 heavy (non-hydrogen) atoms. The summed E-state index contributed by atoms with van der Waals surface area (Å²) in [7, 11) is -1.22.